The number of nitrogens with one attached hydrogen (secondary N) is 3. The molecule has 1 aliphatic rings. The van der Waals surface area contributed by atoms with Crippen LogP contribution >= 0.6 is 0 Å². The molecule has 0 radical (unpaired) electrons. The van der Waals surface area contributed by atoms with Crippen LogP contribution in [0.25, 0.3) is 11.3 Å². The van der Waals surface area contributed by atoms with E-state index in [2.05, 4.69) is 38.4 Å². The largest absolute Gasteiger partial charge is 0.334 e. The van der Waals surface area contributed by atoms with Crippen molar-refractivity contribution >= 4 is 11.7 Å². The molecule has 4 rings (SSSR count). The number of amides is 2. The van der Waals surface area contributed by atoms with Crippen LogP contribution in [0.4, 0.5) is 10.5 Å². The molecule has 3 aromatic rings. The van der Waals surface area contributed by atoms with Gasteiger partial charge in [0.05, 0.1) is 6.20 Å². The highest BCUT2D eigenvalue weighted by Crippen LogP contribution is 2.21. The summed E-state index contributed by atoms with van der Waals surface area (Å²) in [7, 11) is 1.82. The number of anilines is 1. The van der Waals surface area contributed by atoms with Crippen molar-refractivity contribution in [2.24, 2.45) is 7.05 Å². The highest BCUT2D eigenvalue weighted by atomic mass is 16.2. The molecule has 0 bridgehead atoms. The molecule has 0 atom stereocenters. The summed E-state index contributed by atoms with van der Waals surface area (Å²) < 4.78 is 1.65. The number of benzene rings is 2. The van der Waals surface area contributed by atoms with Crippen molar-refractivity contribution in [3.05, 3.63) is 65.4 Å². The zero-order valence-corrected chi connectivity index (χ0v) is 15.2. The van der Waals surface area contributed by atoms with E-state index in [1.54, 1.807) is 4.68 Å². The monoisotopic (exact) mass is 362 g/mol. The zero-order chi connectivity index (χ0) is 18.6. The van der Waals surface area contributed by atoms with Crippen LogP contribution < -0.4 is 16.0 Å². The molecule has 0 fully saturated rings. The van der Waals surface area contributed by atoms with Crippen LogP contribution in [0.2, 0.25) is 0 Å². The minimum absolute atomic E-state index is 0.224. The number of fused-ring (bicyclic) bond motifs is 1. The Bertz CT molecular complexity index is 965. The van der Waals surface area contributed by atoms with E-state index in [9.17, 15) is 4.79 Å². The molecular weight excluding hydrogens is 340 g/mol. The minimum Gasteiger partial charge on any atom is -0.334 e. The van der Waals surface area contributed by atoms with Crippen molar-refractivity contribution in [2.45, 2.75) is 19.5 Å². The Morgan fingerprint density at radius 3 is 3.00 bits per heavy atom. The number of nitrogens with zero attached hydrogens (tertiary/aromatic N) is 3. The van der Waals surface area contributed by atoms with E-state index in [-0.39, 0.29) is 6.03 Å². The summed E-state index contributed by atoms with van der Waals surface area (Å²) in [6.07, 6.45) is 2.83. The Hall–Kier alpha value is -3.19. The lowest BCUT2D eigenvalue weighted by Gasteiger charge is -2.20. The van der Waals surface area contributed by atoms with Gasteiger partial charge in [-0.15, -0.1) is 5.10 Å². The number of hydrogen-bond acceptors (Lipinski definition) is 4. The highest BCUT2D eigenvalue weighted by molar-refractivity contribution is 5.90. The van der Waals surface area contributed by atoms with Gasteiger partial charge < -0.3 is 16.0 Å². The molecule has 0 spiro atoms. The maximum absolute atomic E-state index is 12.3. The quantitative estimate of drug-likeness (QED) is 0.666. The van der Waals surface area contributed by atoms with Crippen molar-refractivity contribution < 1.29 is 4.79 Å². The third-order valence-electron chi connectivity index (χ3n) is 4.70. The number of urea groups is 1. The maximum atomic E-state index is 12.3. The Balaban J connectivity index is 1.40. The van der Waals surface area contributed by atoms with E-state index in [0.717, 1.165) is 36.5 Å². The summed E-state index contributed by atoms with van der Waals surface area (Å²) in [5, 5.41) is 17.3. The van der Waals surface area contributed by atoms with Gasteiger partial charge in [-0.3, -0.25) is 4.68 Å². The van der Waals surface area contributed by atoms with Gasteiger partial charge >= 0.3 is 6.03 Å². The molecular formula is C20H22N6O. The Morgan fingerprint density at radius 1 is 1.26 bits per heavy atom. The fourth-order valence-corrected chi connectivity index (χ4v) is 3.36. The van der Waals surface area contributed by atoms with Gasteiger partial charge in [0.1, 0.15) is 5.69 Å². The second kappa shape index (κ2) is 7.59. The van der Waals surface area contributed by atoms with E-state index in [4.69, 9.17) is 0 Å². The van der Waals surface area contributed by atoms with Crippen molar-refractivity contribution in [2.75, 3.05) is 11.9 Å². The number of hydrogen-bond donors (Lipinski definition) is 3. The summed E-state index contributed by atoms with van der Waals surface area (Å²) in [6.45, 7) is 2.38. The van der Waals surface area contributed by atoms with Crippen molar-refractivity contribution in [3.63, 3.8) is 0 Å². The third-order valence-corrected chi connectivity index (χ3v) is 4.70. The lowest BCUT2D eigenvalue weighted by Crippen LogP contribution is -2.30. The Kier molecular flexibility index (Phi) is 4.84. The van der Waals surface area contributed by atoms with Crippen molar-refractivity contribution in [3.8, 4) is 11.3 Å². The predicted molar refractivity (Wildman–Crippen MR) is 104 cm³/mol. The summed E-state index contributed by atoms with van der Waals surface area (Å²) in [6, 6.07) is 13.6. The molecule has 0 aliphatic carbocycles. The number of carbonyl (C=O) groups is 1. The van der Waals surface area contributed by atoms with Crippen LogP contribution in [0.15, 0.2) is 48.7 Å². The topological polar surface area (TPSA) is 83.9 Å². The molecule has 0 saturated heterocycles. The Morgan fingerprint density at radius 2 is 2.15 bits per heavy atom. The molecule has 0 unspecified atom stereocenters. The molecule has 7 nitrogen and oxygen atoms in total. The lowest BCUT2D eigenvalue weighted by molar-refractivity contribution is 0.251. The smallest absolute Gasteiger partial charge is 0.319 e. The van der Waals surface area contributed by atoms with Gasteiger partial charge in [0.15, 0.2) is 0 Å². The summed E-state index contributed by atoms with van der Waals surface area (Å²) in [5.41, 5.74) is 6.24. The van der Waals surface area contributed by atoms with Gasteiger partial charge in [-0.05, 0) is 41.8 Å². The summed E-state index contributed by atoms with van der Waals surface area (Å²) in [5.74, 6) is 0. The average molecular weight is 362 g/mol. The van der Waals surface area contributed by atoms with Crippen LogP contribution in [0, 0.1) is 0 Å². The van der Waals surface area contributed by atoms with E-state index in [1.807, 2.05) is 43.6 Å². The molecule has 2 amide bonds. The van der Waals surface area contributed by atoms with Crippen LogP contribution in [-0.4, -0.2) is 27.6 Å². The molecule has 2 aromatic carbocycles. The zero-order valence-electron chi connectivity index (χ0n) is 15.2. The number of aryl methyl sites for hydroxylation is 1. The number of rotatable bonds is 4. The molecule has 1 aliphatic heterocycles. The van der Waals surface area contributed by atoms with Gasteiger partial charge in [0.2, 0.25) is 0 Å². The maximum Gasteiger partial charge on any atom is 0.319 e. The standard InChI is InChI=1S/C20H22N6O/c1-26-13-19(24-25-26)14-4-3-7-17(10-14)23-20(27)22-12-16-6-2-5-15-11-21-9-8-18(15)16/h2-7,10,13,21H,8-9,11-12H2,1H3,(H2,22,23,27). The van der Waals surface area contributed by atoms with Gasteiger partial charge in [-0.25, -0.2) is 4.79 Å². The van der Waals surface area contributed by atoms with Gasteiger partial charge in [0.25, 0.3) is 0 Å². The van der Waals surface area contributed by atoms with E-state index in [1.165, 1.54) is 16.7 Å². The summed E-state index contributed by atoms with van der Waals surface area (Å²) in [4.78, 5) is 12.3. The highest BCUT2D eigenvalue weighted by Gasteiger charge is 2.13. The molecule has 27 heavy (non-hydrogen) atoms. The first kappa shape index (κ1) is 17.2. The molecule has 1 aromatic heterocycles. The van der Waals surface area contributed by atoms with Crippen LogP contribution in [0.5, 0.6) is 0 Å². The first-order chi connectivity index (χ1) is 13.2. The second-order valence-electron chi connectivity index (χ2n) is 6.65. The number of carbonyl (C=O) groups excluding carboxylic acids is 1. The lowest BCUT2D eigenvalue weighted by atomic mass is 9.95. The van der Waals surface area contributed by atoms with Crippen LogP contribution in [0.3, 0.4) is 0 Å². The van der Waals surface area contributed by atoms with Gasteiger partial charge in [0, 0.05) is 31.4 Å². The fraction of sp³-hybridized carbons (Fsp3) is 0.250. The van der Waals surface area contributed by atoms with Gasteiger partial charge in [-0.2, -0.15) is 0 Å². The second-order valence-corrected chi connectivity index (χ2v) is 6.65. The van der Waals surface area contributed by atoms with Crippen molar-refractivity contribution in [1.29, 1.82) is 0 Å². The van der Waals surface area contributed by atoms with Crippen LogP contribution in [-0.2, 0) is 26.6 Å². The molecule has 0 saturated carbocycles. The fourth-order valence-electron chi connectivity index (χ4n) is 3.36. The number of aromatic nitrogens is 3. The van der Waals surface area contributed by atoms with Crippen molar-refractivity contribution in [1.82, 2.24) is 25.6 Å². The van der Waals surface area contributed by atoms with E-state index in [0.29, 0.717) is 6.54 Å². The summed E-state index contributed by atoms with van der Waals surface area (Å²) >= 11 is 0. The minimum atomic E-state index is -0.224. The Labute approximate surface area is 157 Å². The van der Waals surface area contributed by atoms with Gasteiger partial charge in [-0.1, -0.05) is 35.5 Å². The predicted octanol–water partition coefficient (Wildman–Crippen LogP) is 2.45. The molecule has 2 heterocycles. The van der Waals surface area contributed by atoms with Crippen LogP contribution in [0.1, 0.15) is 16.7 Å². The molecule has 138 valence electrons. The molecule has 7 heteroatoms. The first-order valence-corrected chi connectivity index (χ1v) is 9.01. The average Bonchev–Trinajstić information content (AvgIpc) is 3.13. The molecule has 3 N–H and O–H groups in total. The first-order valence-electron chi connectivity index (χ1n) is 9.01. The van der Waals surface area contributed by atoms with E-state index < -0.39 is 0 Å². The SMILES string of the molecule is Cn1cc(-c2cccc(NC(=O)NCc3cccc4c3CCNC4)c2)nn1. The van der Waals surface area contributed by atoms with E-state index >= 15 is 0 Å². The normalized spacial score (nSPS) is 13.1. The third kappa shape index (κ3) is 3.98.